The van der Waals surface area contributed by atoms with Crippen LogP contribution in [-0.4, -0.2) is 12.0 Å². The number of non-ortho nitro benzene ring substituents is 1. The molecule has 0 bridgehead atoms. The third-order valence-electron chi connectivity index (χ3n) is 2.94. The zero-order valence-electron chi connectivity index (χ0n) is 10.6. The molecule has 19 heavy (non-hydrogen) atoms. The standard InChI is InChI=1S/C14H15N3O2/c1-16(12-5-3-2-4-6-12)10-11-9-13(17(18)19)7-8-14(11)15/h2-9H,10,15H2,1H3. The van der Waals surface area contributed by atoms with Gasteiger partial charge in [-0.1, -0.05) is 18.2 Å². The molecule has 2 N–H and O–H groups in total. The van der Waals surface area contributed by atoms with Gasteiger partial charge in [0.05, 0.1) is 4.92 Å². The Morgan fingerprint density at radius 1 is 1.21 bits per heavy atom. The lowest BCUT2D eigenvalue weighted by atomic mass is 10.1. The van der Waals surface area contributed by atoms with Crippen LogP contribution in [0.5, 0.6) is 0 Å². The molecule has 0 fully saturated rings. The van der Waals surface area contributed by atoms with Gasteiger partial charge in [-0.25, -0.2) is 0 Å². The summed E-state index contributed by atoms with van der Waals surface area (Å²) in [5.41, 5.74) is 8.28. The van der Waals surface area contributed by atoms with Crippen LogP contribution in [0.3, 0.4) is 0 Å². The van der Waals surface area contributed by atoms with Gasteiger partial charge in [0.15, 0.2) is 0 Å². The van der Waals surface area contributed by atoms with Gasteiger partial charge in [0.2, 0.25) is 0 Å². The van der Waals surface area contributed by atoms with Gasteiger partial charge < -0.3 is 10.6 Å². The van der Waals surface area contributed by atoms with Gasteiger partial charge in [-0.2, -0.15) is 0 Å². The Balaban J connectivity index is 2.23. The molecular formula is C14H15N3O2. The van der Waals surface area contributed by atoms with E-state index >= 15 is 0 Å². The van der Waals surface area contributed by atoms with Crippen molar-refractivity contribution in [3.63, 3.8) is 0 Å². The molecule has 0 aromatic heterocycles. The fourth-order valence-corrected chi connectivity index (χ4v) is 1.87. The maximum Gasteiger partial charge on any atom is 0.269 e. The minimum Gasteiger partial charge on any atom is -0.398 e. The molecule has 0 heterocycles. The number of hydrogen-bond donors (Lipinski definition) is 1. The number of nitrogens with zero attached hydrogens (tertiary/aromatic N) is 2. The zero-order chi connectivity index (χ0) is 13.8. The second-order valence-corrected chi connectivity index (χ2v) is 4.33. The fourth-order valence-electron chi connectivity index (χ4n) is 1.87. The molecule has 5 nitrogen and oxygen atoms in total. The fraction of sp³-hybridized carbons (Fsp3) is 0.143. The van der Waals surface area contributed by atoms with E-state index in [2.05, 4.69) is 0 Å². The highest BCUT2D eigenvalue weighted by Crippen LogP contribution is 2.23. The van der Waals surface area contributed by atoms with Crippen LogP contribution < -0.4 is 10.6 Å². The van der Waals surface area contributed by atoms with Crippen LogP contribution in [0.1, 0.15) is 5.56 Å². The quantitative estimate of drug-likeness (QED) is 0.519. The summed E-state index contributed by atoms with van der Waals surface area (Å²) in [6.07, 6.45) is 0. The molecule has 0 aliphatic carbocycles. The lowest BCUT2D eigenvalue weighted by molar-refractivity contribution is -0.384. The Bertz CT molecular complexity index is 584. The van der Waals surface area contributed by atoms with Gasteiger partial charge in [0.25, 0.3) is 5.69 Å². The molecule has 0 unspecified atom stereocenters. The van der Waals surface area contributed by atoms with Crippen molar-refractivity contribution in [2.24, 2.45) is 0 Å². The van der Waals surface area contributed by atoms with Crippen molar-refractivity contribution in [1.29, 1.82) is 0 Å². The Labute approximate surface area is 111 Å². The van der Waals surface area contributed by atoms with Crippen LogP contribution in [-0.2, 0) is 6.54 Å². The highest BCUT2D eigenvalue weighted by molar-refractivity contribution is 5.55. The number of nitro benzene ring substituents is 1. The van der Waals surface area contributed by atoms with Crippen molar-refractivity contribution in [2.75, 3.05) is 17.7 Å². The Morgan fingerprint density at radius 3 is 2.53 bits per heavy atom. The van der Waals surface area contributed by atoms with E-state index < -0.39 is 4.92 Å². The molecule has 0 spiro atoms. The predicted octanol–water partition coefficient (Wildman–Crippen LogP) is 2.81. The molecule has 5 heteroatoms. The van der Waals surface area contributed by atoms with Crippen LogP contribution in [0.15, 0.2) is 48.5 Å². The van der Waals surface area contributed by atoms with Gasteiger partial charge in [-0.05, 0) is 18.2 Å². The molecule has 2 rings (SSSR count). The first kappa shape index (κ1) is 12.9. The summed E-state index contributed by atoms with van der Waals surface area (Å²) in [5, 5.41) is 10.8. The molecule has 0 saturated heterocycles. The van der Waals surface area contributed by atoms with Crippen LogP contribution in [0.4, 0.5) is 17.1 Å². The van der Waals surface area contributed by atoms with Crippen molar-refractivity contribution in [3.8, 4) is 0 Å². The van der Waals surface area contributed by atoms with E-state index in [1.165, 1.54) is 12.1 Å². The van der Waals surface area contributed by atoms with Crippen LogP contribution in [0, 0.1) is 10.1 Å². The zero-order valence-corrected chi connectivity index (χ0v) is 10.6. The predicted molar refractivity (Wildman–Crippen MR) is 76.1 cm³/mol. The van der Waals surface area contributed by atoms with E-state index in [0.717, 1.165) is 11.3 Å². The van der Waals surface area contributed by atoms with Crippen molar-refractivity contribution < 1.29 is 4.92 Å². The Hall–Kier alpha value is -2.56. The molecule has 0 aliphatic rings. The van der Waals surface area contributed by atoms with Crippen molar-refractivity contribution in [3.05, 3.63) is 64.2 Å². The van der Waals surface area contributed by atoms with Gasteiger partial charge in [-0.15, -0.1) is 0 Å². The largest absolute Gasteiger partial charge is 0.398 e. The van der Waals surface area contributed by atoms with Gasteiger partial charge in [-0.3, -0.25) is 10.1 Å². The number of nitro groups is 1. The third-order valence-corrected chi connectivity index (χ3v) is 2.94. The topological polar surface area (TPSA) is 72.4 Å². The maximum absolute atomic E-state index is 10.8. The minimum absolute atomic E-state index is 0.0608. The first-order valence-electron chi connectivity index (χ1n) is 5.87. The monoisotopic (exact) mass is 257 g/mol. The highest BCUT2D eigenvalue weighted by atomic mass is 16.6. The number of benzene rings is 2. The molecule has 0 atom stereocenters. The normalized spacial score (nSPS) is 10.2. The molecule has 0 amide bonds. The number of para-hydroxylation sites is 1. The average Bonchev–Trinajstić information content (AvgIpc) is 2.42. The smallest absolute Gasteiger partial charge is 0.269 e. The number of rotatable bonds is 4. The second kappa shape index (κ2) is 5.39. The highest BCUT2D eigenvalue weighted by Gasteiger charge is 2.11. The Morgan fingerprint density at radius 2 is 1.89 bits per heavy atom. The molecule has 0 radical (unpaired) electrons. The van der Waals surface area contributed by atoms with Crippen LogP contribution >= 0.6 is 0 Å². The first-order valence-corrected chi connectivity index (χ1v) is 5.87. The van der Waals surface area contributed by atoms with Crippen LogP contribution in [0.2, 0.25) is 0 Å². The van der Waals surface area contributed by atoms with E-state index in [1.54, 1.807) is 6.07 Å². The van der Waals surface area contributed by atoms with Crippen LogP contribution in [0.25, 0.3) is 0 Å². The summed E-state index contributed by atoms with van der Waals surface area (Å²) in [6, 6.07) is 14.3. The minimum atomic E-state index is -0.411. The summed E-state index contributed by atoms with van der Waals surface area (Å²) in [4.78, 5) is 12.4. The average molecular weight is 257 g/mol. The van der Waals surface area contributed by atoms with E-state index in [9.17, 15) is 10.1 Å². The van der Waals surface area contributed by atoms with Gasteiger partial charge in [0.1, 0.15) is 0 Å². The van der Waals surface area contributed by atoms with Crippen molar-refractivity contribution >= 4 is 17.1 Å². The van der Waals surface area contributed by atoms with Gasteiger partial charge in [0, 0.05) is 42.7 Å². The van der Waals surface area contributed by atoms with E-state index in [-0.39, 0.29) is 5.69 Å². The molecular weight excluding hydrogens is 242 g/mol. The molecule has 98 valence electrons. The number of anilines is 2. The lowest BCUT2D eigenvalue weighted by Gasteiger charge is -2.20. The molecule has 2 aromatic carbocycles. The van der Waals surface area contributed by atoms with E-state index in [0.29, 0.717) is 12.2 Å². The maximum atomic E-state index is 10.8. The molecule has 2 aromatic rings. The first-order chi connectivity index (χ1) is 9.08. The molecule has 0 saturated carbocycles. The van der Waals surface area contributed by atoms with E-state index in [1.807, 2.05) is 42.3 Å². The second-order valence-electron chi connectivity index (χ2n) is 4.33. The summed E-state index contributed by atoms with van der Waals surface area (Å²) in [7, 11) is 1.92. The third kappa shape index (κ3) is 3.01. The summed E-state index contributed by atoms with van der Waals surface area (Å²) < 4.78 is 0. The van der Waals surface area contributed by atoms with Gasteiger partial charge >= 0.3 is 0 Å². The summed E-state index contributed by atoms with van der Waals surface area (Å²) in [5.74, 6) is 0. The molecule has 0 aliphatic heterocycles. The number of nitrogen functional groups attached to an aromatic ring is 1. The SMILES string of the molecule is CN(Cc1cc([N+](=O)[O-])ccc1N)c1ccccc1. The lowest BCUT2D eigenvalue weighted by Crippen LogP contribution is -2.17. The summed E-state index contributed by atoms with van der Waals surface area (Å²) >= 11 is 0. The Kier molecular flexibility index (Phi) is 3.66. The summed E-state index contributed by atoms with van der Waals surface area (Å²) in [6.45, 7) is 0.525. The number of nitrogens with two attached hydrogens (primary N) is 1. The van der Waals surface area contributed by atoms with E-state index in [4.69, 9.17) is 5.73 Å². The van der Waals surface area contributed by atoms with Crippen molar-refractivity contribution in [2.45, 2.75) is 6.54 Å². The number of hydrogen-bond acceptors (Lipinski definition) is 4. The van der Waals surface area contributed by atoms with Crippen molar-refractivity contribution in [1.82, 2.24) is 0 Å².